The molecule has 0 fully saturated rings. The van der Waals surface area contributed by atoms with Gasteiger partial charge in [-0.15, -0.1) is 11.3 Å². The molecule has 120 valence electrons. The Morgan fingerprint density at radius 3 is 3.04 bits per heavy atom. The molecule has 6 nitrogen and oxygen atoms in total. The van der Waals surface area contributed by atoms with E-state index in [1.54, 1.807) is 17.8 Å². The fraction of sp³-hybridized carbons (Fsp3) is 0.118. The minimum absolute atomic E-state index is 0.209. The third kappa shape index (κ3) is 2.93. The van der Waals surface area contributed by atoms with Gasteiger partial charge in [0, 0.05) is 29.9 Å². The van der Waals surface area contributed by atoms with Gasteiger partial charge in [0.05, 0.1) is 0 Å². The number of hydrogen-bond acceptors (Lipinski definition) is 6. The highest BCUT2D eigenvalue weighted by molar-refractivity contribution is 7.13. The summed E-state index contributed by atoms with van der Waals surface area (Å²) >= 11 is 1.42. The number of thiazole rings is 1. The molecule has 24 heavy (non-hydrogen) atoms. The van der Waals surface area contributed by atoms with Gasteiger partial charge in [-0.3, -0.25) is 9.78 Å². The average molecular weight is 339 g/mol. The van der Waals surface area contributed by atoms with Gasteiger partial charge in [-0.25, -0.2) is 4.98 Å². The maximum atomic E-state index is 12.3. The first-order valence-corrected chi connectivity index (χ1v) is 8.20. The van der Waals surface area contributed by atoms with Gasteiger partial charge in [-0.05, 0) is 29.8 Å². The molecule has 1 aromatic carbocycles. The van der Waals surface area contributed by atoms with Gasteiger partial charge in [-0.2, -0.15) is 0 Å². The van der Waals surface area contributed by atoms with Crippen LogP contribution >= 0.6 is 11.3 Å². The van der Waals surface area contributed by atoms with Crippen LogP contribution in [0.5, 0.6) is 11.5 Å². The molecule has 0 unspecified atom stereocenters. The standard InChI is InChI=1S/C17H13N3O3S/c21-16(13-9-24-17(20-13)12-2-1-5-18-8-12)19-7-11-3-4-14-15(6-11)23-10-22-14/h1-6,8-9H,7,10H2,(H,19,21). The number of nitrogens with one attached hydrogen (secondary N) is 1. The average Bonchev–Trinajstić information content (AvgIpc) is 3.29. The Kier molecular flexibility index (Phi) is 3.84. The summed E-state index contributed by atoms with van der Waals surface area (Å²) in [6, 6.07) is 9.37. The van der Waals surface area contributed by atoms with Gasteiger partial charge in [0.2, 0.25) is 6.79 Å². The number of carbonyl (C=O) groups is 1. The molecule has 1 amide bonds. The third-order valence-electron chi connectivity index (χ3n) is 3.54. The van der Waals surface area contributed by atoms with Crippen molar-refractivity contribution >= 4 is 17.2 Å². The minimum Gasteiger partial charge on any atom is -0.454 e. The first kappa shape index (κ1) is 14.6. The third-order valence-corrected chi connectivity index (χ3v) is 4.43. The lowest BCUT2D eigenvalue weighted by Gasteiger charge is -2.04. The zero-order valence-corrected chi connectivity index (χ0v) is 13.4. The van der Waals surface area contributed by atoms with Crippen LogP contribution in [-0.4, -0.2) is 22.7 Å². The lowest BCUT2D eigenvalue weighted by molar-refractivity contribution is 0.0946. The Morgan fingerprint density at radius 1 is 1.25 bits per heavy atom. The number of fused-ring (bicyclic) bond motifs is 1. The predicted molar refractivity (Wildman–Crippen MR) is 89.1 cm³/mol. The molecule has 1 N–H and O–H groups in total. The van der Waals surface area contributed by atoms with Crippen LogP contribution in [-0.2, 0) is 6.54 Å². The smallest absolute Gasteiger partial charge is 0.271 e. The van der Waals surface area contributed by atoms with Crippen molar-refractivity contribution in [2.24, 2.45) is 0 Å². The summed E-state index contributed by atoms with van der Waals surface area (Å²) in [7, 11) is 0. The van der Waals surface area contributed by atoms with Gasteiger partial charge in [0.25, 0.3) is 5.91 Å². The van der Waals surface area contributed by atoms with E-state index in [1.165, 1.54) is 11.3 Å². The molecule has 0 saturated carbocycles. The summed E-state index contributed by atoms with van der Waals surface area (Å²) in [5, 5.41) is 5.39. The summed E-state index contributed by atoms with van der Waals surface area (Å²) in [5.74, 6) is 1.22. The van der Waals surface area contributed by atoms with E-state index in [1.807, 2.05) is 30.3 Å². The van der Waals surface area contributed by atoms with Crippen LogP contribution in [0.15, 0.2) is 48.1 Å². The van der Waals surface area contributed by atoms with Gasteiger partial charge >= 0.3 is 0 Å². The van der Waals surface area contributed by atoms with Gasteiger partial charge in [-0.1, -0.05) is 6.07 Å². The summed E-state index contributed by atoms with van der Waals surface area (Å²) in [6.07, 6.45) is 3.43. The fourth-order valence-corrected chi connectivity index (χ4v) is 3.11. The Morgan fingerprint density at radius 2 is 2.17 bits per heavy atom. The van der Waals surface area contributed by atoms with Crippen LogP contribution in [0.25, 0.3) is 10.6 Å². The zero-order chi connectivity index (χ0) is 16.4. The van der Waals surface area contributed by atoms with E-state index < -0.39 is 0 Å². The molecule has 1 aliphatic heterocycles. The second-order valence-electron chi connectivity index (χ2n) is 5.15. The second-order valence-corrected chi connectivity index (χ2v) is 6.01. The SMILES string of the molecule is O=C(NCc1ccc2c(c1)OCO2)c1csc(-c2cccnc2)n1. The highest BCUT2D eigenvalue weighted by Crippen LogP contribution is 2.32. The van der Waals surface area contributed by atoms with Crippen LogP contribution in [0.2, 0.25) is 0 Å². The minimum atomic E-state index is -0.209. The Labute approximate surface area is 142 Å². The molecule has 0 aliphatic carbocycles. The monoisotopic (exact) mass is 339 g/mol. The largest absolute Gasteiger partial charge is 0.454 e. The fourth-order valence-electron chi connectivity index (χ4n) is 2.32. The topological polar surface area (TPSA) is 73.3 Å². The normalized spacial score (nSPS) is 12.2. The number of amides is 1. The Hall–Kier alpha value is -2.93. The van der Waals surface area contributed by atoms with E-state index in [0.29, 0.717) is 18.0 Å². The maximum absolute atomic E-state index is 12.3. The number of pyridine rings is 1. The van der Waals surface area contributed by atoms with Crippen LogP contribution in [0, 0.1) is 0 Å². The van der Waals surface area contributed by atoms with Crippen LogP contribution in [0.1, 0.15) is 16.1 Å². The van der Waals surface area contributed by atoms with E-state index in [2.05, 4.69) is 15.3 Å². The van der Waals surface area contributed by atoms with E-state index in [4.69, 9.17) is 9.47 Å². The molecule has 4 rings (SSSR count). The molecule has 1 aliphatic rings. The molecule has 3 heterocycles. The molecule has 0 radical (unpaired) electrons. The lowest BCUT2D eigenvalue weighted by atomic mass is 10.2. The van der Waals surface area contributed by atoms with Crippen molar-refractivity contribution in [2.45, 2.75) is 6.54 Å². The van der Waals surface area contributed by atoms with E-state index >= 15 is 0 Å². The van der Waals surface area contributed by atoms with Crippen molar-refractivity contribution in [2.75, 3.05) is 6.79 Å². The highest BCUT2D eigenvalue weighted by Gasteiger charge is 2.15. The van der Waals surface area contributed by atoms with Crippen molar-refractivity contribution in [1.29, 1.82) is 0 Å². The number of benzene rings is 1. The number of hydrogen-bond donors (Lipinski definition) is 1. The number of carbonyl (C=O) groups excluding carboxylic acids is 1. The summed E-state index contributed by atoms with van der Waals surface area (Å²) in [6.45, 7) is 0.635. The van der Waals surface area contributed by atoms with E-state index in [0.717, 1.165) is 21.9 Å². The summed E-state index contributed by atoms with van der Waals surface area (Å²) in [5.41, 5.74) is 2.24. The van der Waals surface area contributed by atoms with Crippen LogP contribution in [0.3, 0.4) is 0 Å². The Balaban J connectivity index is 1.42. The molecule has 0 spiro atoms. The molecule has 2 aromatic heterocycles. The number of ether oxygens (including phenoxy) is 2. The zero-order valence-electron chi connectivity index (χ0n) is 12.6. The van der Waals surface area contributed by atoms with Gasteiger partial charge < -0.3 is 14.8 Å². The van der Waals surface area contributed by atoms with Gasteiger partial charge in [0.15, 0.2) is 11.5 Å². The van der Waals surface area contributed by atoms with Crippen LogP contribution < -0.4 is 14.8 Å². The highest BCUT2D eigenvalue weighted by atomic mass is 32.1. The molecular formula is C17H13N3O3S. The summed E-state index contributed by atoms with van der Waals surface area (Å²) < 4.78 is 10.6. The molecular weight excluding hydrogens is 326 g/mol. The second kappa shape index (κ2) is 6.29. The Bertz CT molecular complexity index is 880. The number of nitrogens with zero attached hydrogens (tertiary/aromatic N) is 2. The van der Waals surface area contributed by atoms with Crippen molar-refractivity contribution in [3.8, 4) is 22.1 Å². The van der Waals surface area contributed by atoms with Crippen molar-refractivity contribution in [3.05, 3.63) is 59.4 Å². The van der Waals surface area contributed by atoms with Crippen molar-refractivity contribution in [1.82, 2.24) is 15.3 Å². The van der Waals surface area contributed by atoms with E-state index in [9.17, 15) is 4.79 Å². The molecule has 7 heteroatoms. The quantitative estimate of drug-likeness (QED) is 0.791. The predicted octanol–water partition coefficient (Wildman–Crippen LogP) is 2.86. The van der Waals surface area contributed by atoms with E-state index in [-0.39, 0.29) is 12.7 Å². The molecule has 0 atom stereocenters. The number of aromatic nitrogens is 2. The van der Waals surface area contributed by atoms with Crippen LogP contribution in [0.4, 0.5) is 0 Å². The van der Waals surface area contributed by atoms with Crippen molar-refractivity contribution < 1.29 is 14.3 Å². The molecule has 0 bridgehead atoms. The lowest BCUT2D eigenvalue weighted by Crippen LogP contribution is -2.23. The molecule has 0 saturated heterocycles. The van der Waals surface area contributed by atoms with Gasteiger partial charge in [0.1, 0.15) is 10.7 Å². The van der Waals surface area contributed by atoms with Crippen molar-refractivity contribution in [3.63, 3.8) is 0 Å². The summed E-state index contributed by atoms with van der Waals surface area (Å²) in [4.78, 5) is 20.7. The first-order chi connectivity index (χ1) is 11.8. The maximum Gasteiger partial charge on any atom is 0.271 e. The molecule has 3 aromatic rings. The first-order valence-electron chi connectivity index (χ1n) is 7.32. The number of rotatable bonds is 4.